The van der Waals surface area contributed by atoms with Crippen molar-refractivity contribution in [3.63, 3.8) is 0 Å². The Morgan fingerprint density at radius 1 is 1.24 bits per heavy atom. The van der Waals surface area contributed by atoms with Crippen LogP contribution >= 0.6 is 0 Å². The van der Waals surface area contributed by atoms with Crippen LogP contribution in [0.1, 0.15) is 33.3 Å². The van der Waals surface area contributed by atoms with Crippen LogP contribution in [-0.4, -0.2) is 41.5 Å². The van der Waals surface area contributed by atoms with Gasteiger partial charge in [-0.15, -0.1) is 0 Å². The Morgan fingerprint density at radius 2 is 1.88 bits per heavy atom. The second kappa shape index (κ2) is 9.80. The molecule has 1 rings (SSSR count). The van der Waals surface area contributed by atoms with Crippen molar-refractivity contribution in [2.75, 3.05) is 6.61 Å². The maximum atomic E-state index is 12.0. The summed E-state index contributed by atoms with van der Waals surface area (Å²) in [6, 6.07) is 8.13. The van der Waals surface area contributed by atoms with Gasteiger partial charge in [-0.3, -0.25) is 10.2 Å². The number of ether oxygens (including phenoxy) is 2. The minimum atomic E-state index is -1.21. The van der Waals surface area contributed by atoms with Gasteiger partial charge in [0.25, 0.3) is 0 Å². The fourth-order valence-corrected chi connectivity index (χ4v) is 1.84. The van der Waals surface area contributed by atoms with E-state index in [1.807, 2.05) is 30.3 Å². The van der Waals surface area contributed by atoms with Crippen LogP contribution in [0.5, 0.6) is 0 Å². The van der Waals surface area contributed by atoms with Crippen LogP contribution in [0.2, 0.25) is 0 Å². The van der Waals surface area contributed by atoms with Crippen molar-refractivity contribution in [3.05, 3.63) is 42.0 Å². The molecule has 0 radical (unpaired) electrons. The lowest BCUT2D eigenvalue weighted by Crippen LogP contribution is -2.54. The van der Waals surface area contributed by atoms with Gasteiger partial charge in [-0.1, -0.05) is 42.5 Å². The number of aliphatic hydroxyl groups excluding tert-OH is 1. The van der Waals surface area contributed by atoms with Gasteiger partial charge in [-0.05, 0) is 33.3 Å². The Morgan fingerprint density at radius 3 is 2.44 bits per heavy atom. The van der Waals surface area contributed by atoms with E-state index in [0.717, 1.165) is 5.56 Å². The molecule has 0 saturated heterocycles. The summed E-state index contributed by atoms with van der Waals surface area (Å²) >= 11 is 0. The normalized spacial score (nSPS) is 14.0. The lowest BCUT2D eigenvalue weighted by Gasteiger charge is -2.23. The standard InChI is InChI=1S/C18H26N2O5/c1-5-24-16(22)15(19-20-17(23)25-18(2,3)4)14(21)12-11-13-9-7-6-8-10-13/h6-12,14-15,19,21H,5H2,1-4H3,(H,20,23)/b12-11+/t14-,15-/m1/s1. The molecule has 0 fully saturated rings. The van der Waals surface area contributed by atoms with E-state index in [2.05, 4.69) is 10.9 Å². The number of hydrogen-bond acceptors (Lipinski definition) is 6. The maximum Gasteiger partial charge on any atom is 0.422 e. The molecule has 25 heavy (non-hydrogen) atoms. The van der Waals surface area contributed by atoms with Gasteiger partial charge in [0.1, 0.15) is 11.7 Å². The smallest absolute Gasteiger partial charge is 0.422 e. The topological polar surface area (TPSA) is 96.9 Å². The number of amides is 1. The lowest BCUT2D eigenvalue weighted by molar-refractivity contribution is -0.148. The van der Waals surface area contributed by atoms with Gasteiger partial charge < -0.3 is 14.6 Å². The lowest BCUT2D eigenvalue weighted by atomic mass is 10.1. The van der Waals surface area contributed by atoms with Gasteiger partial charge in [0.05, 0.1) is 6.61 Å². The quantitative estimate of drug-likeness (QED) is 0.514. The molecule has 138 valence electrons. The average molecular weight is 350 g/mol. The number of nitrogens with one attached hydrogen (secondary N) is 2. The number of carbonyl (C=O) groups is 2. The summed E-state index contributed by atoms with van der Waals surface area (Å²) in [6.07, 6.45) is 1.14. The van der Waals surface area contributed by atoms with Crippen LogP contribution < -0.4 is 10.9 Å². The highest BCUT2D eigenvalue weighted by atomic mass is 16.6. The Hall–Kier alpha value is -2.38. The van der Waals surface area contributed by atoms with E-state index >= 15 is 0 Å². The first-order valence-electron chi connectivity index (χ1n) is 8.05. The molecule has 0 spiro atoms. The maximum absolute atomic E-state index is 12.0. The molecule has 3 N–H and O–H groups in total. The Labute approximate surface area is 148 Å². The molecule has 0 aromatic heterocycles. The Kier molecular flexibility index (Phi) is 8.10. The van der Waals surface area contributed by atoms with Crippen molar-refractivity contribution in [1.82, 2.24) is 10.9 Å². The number of hydrazine groups is 1. The minimum Gasteiger partial charge on any atom is -0.465 e. The summed E-state index contributed by atoms with van der Waals surface area (Å²) in [5.41, 5.74) is 4.90. The van der Waals surface area contributed by atoms with E-state index in [1.54, 1.807) is 33.8 Å². The SMILES string of the molecule is CCOC(=O)[C@H](NNC(=O)OC(C)(C)C)[C@H](O)/C=C/c1ccccc1. The van der Waals surface area contributed by atoms with E-state index < -0.39 is 29.8 Å². The molecule has 0 aliphatic heterocycles. The van der Waals surface area contributed by atoms with Crippen molar-refractivity contribution in [3.8, 4) is 0 Å². The third-order valence-corrected chi connectivity index (χ3v) is 2.90. The van der Waals surface area contributed by atoms with Crippen LogP contribution in [-0.2, 0) is 14.3 Å². The zero-order chi connectivity index (χ0) is 18.9. The second-order valence-electron chi connectivity index (χ2n) is 6.26. The van der Waals surface area contributed by atoms with Gasteiger partial charge in [0.2, 0.25) is 0 Å². The summed E-state index contributed by atoms with van der Waals surface area (Å²) in [5.74, 6) is -0.691. The van der Waals surface area contributed by atoms with Crippen LogP contribution in [0, 0.1) is 0 Å². The van der Waals surface area contributed by atoms with Crippen LogP contribution in [0.3, 0.4) is 0 Å². The number of esters is 1. The number of aliphatic hydroxyl groups is 1. The van der Waals surface area contributed by atoms with Crippen molar-refractivity contribution in [1.29, 1.82) is 0 Å². The molecule has 0 aliphatic rings. The molecular formula is C18H26N2O5. The molecule has 0 unspecified atom stereocenters. The minimum absolute atomic E-state index is 0.151. The van der Waals surface area contributed by atoms with Crippen molar-refractivity contribution >= 4 is 18.1 Å². The Balaban J connectivity index is 2.73. The van der Waals surface area contributed by atoms with Crippen molar-refractivity contribution in [2.45, 2.75) is 45.4 Å². The molecule has 7 heteroatoms. The molecular weight excluding hydrogens is 324 g/mol. The molecule has 0 aliphatic carbocycles. The molecule has 1 amide bonds. The molecule has 0 heterocycles. The van der Waals surface area contributed by atoms with E-state index in [9.17, 15) is 14.7 Å². The highest BCUT2D eigenvalue weighted by molar-refractivity contribution is 5.78. The van der Waals surface area contributed by atoms with Crippen molar-refractivity contribution < 1.29 is 24.2 Å². The molecule has 0 bridgehead atoms. The summed E-state index contributed by atoms with van der Waals surface area (Å²) in [7, 11) is 0. The fraction of sp³-hybridized carbons (Fsp3) is 0.444. The molecule has 1 aromatic carbocycles. The zero-order valence-electron chi connectivity index (χ0n) is 15.0. The highest BCUT2D eigenvalue weighted by Crippen LogP contribution is 2.07. The highest BCUT2D eigenvalue weighted by Gasteiger charge is 2.27. The first-order chi connectivity index (χ1) is 11.7. The van der Waals surface area contributed by atoms with Gasteiger partial charge in [0, 0.05) is 0 Å². The first-order valence-corrected chi connectivity index (χ1v) is 8.05. The predicted molar refractivity (Wildman–Crippen MR) is 94.4 cm³/mol. The van der Waals surface area contributed by atoms with Crippen LogP contribution in [0.4, 0.5) is 4.79 Å². The molecule has 1 aromatic rings. The van der Waals surface area contributed by atoms with Gasteiger partial charge in [-0.25, -0.2) is 10.2 Å². The van der Waals surface area contributed by atoms with E-state index in [1.165, 1.54) is 6.08 Å². The summed E-state index contributed by atoms with van der Waals surface area (Å²) in [5, 5.41) is 10.3. The number of rotatable bonds is 7. The number of hydrogen-bond donors (Lipinski definition) is 3. The summed E-state index contributed by atoms with van der Waals surface area (Å²) in [6.45, 7) is 6.95. The molecule has 2 atom stereocenters. The van der Waals surface area contributed by atoms with Crippen LogP contribution in [0.15, 0.2) is 36.4 Å². The van der Waals surface area contributed by atoms with E-state index in [4.69, 9.17) is 9.47 Å². The molecule has 0 saturated carbocycles. The fourth-order valence-electron chi connectivity index (χ4n) is 1.84. The summed E-state index contributed by atoms with van der Waals surface area (Å²) < 4.78 is 10.00. The average Bonchev–Trinajstić information content (AvgIpc) is 2.52. The first kappa shape index (κ1) is 20.7. The predicted octanol–water partition coefficient (Wildman–Crippen LogP) is 2.02. The number of carbonyl (C=O) groups excluding carboxylic acids is 2. The van der Waals surface area contributed by atoms with Gasteiger partial charge in [-0.2, -0.15) is 0 Å². The zero-order valence-corrected chi connectivity index (χ0v) is 15.0. The van der Waals surface area contributed by atoms with E-state index in [0.29, 0.717) is 0 Å². The van der Waals surface area contributed by atoms with Gasteiger partial charge in [0.15, 0.2) is 6.04 Å². The largest absolute Gasteiger partial charge is 0.465 e. The summed E-state index contributed by atoms with van der Waals surface area (Å²) in [4.78, 5) is 23.7. The van der Waals surface area contributed by atoms with Gasteiger partial charge >= 0.3 is 12.1 Å². The van der Waals surface area contributed by atoms with E-state index in [-0.39, 0.29) is 6.61 Å². The monoisotopic (exact) mass is 350 g/mol. The second-order valence-corrected chi connectivity index (χ2v) is 6.26. The van der Waals surface area contributed by atoms with Crippen molar-refractivity contribution in [2.24, 2.45) is 0 Å². The van der Waals surface area contributed by atoms with Crippen LogP contribution in [0.25, 0.3) is 6.08 Å². The number of benzene rings is 1. The third kappa shape index (κ3) is 8.32. The Bertz CT molecular complexity index is 581. The third-order valence-electron chi connectivity index (χ3n) is 2.90. The molecule has 7 nitrogen and oxygen atoms in total.